The molecule has 1 fully saturated rings. The minimum Gasteiger partial charge on any atom is -0.428 e. The molecule has 1 saturated heterocycles. The third-order valence-electron chi connectivity index (χ3n) is 3.06. The zero-order valence-corrected chi connectivity index (χ0v) is 13.1. The summed E-state index contributed by atoms with van der Waals surface area (Å²) in [4.78, 5) is 0. The molecule has 1 aliphatic rings. The van der Waals surface area contributed by atoms with Gasteiger partial charge in [0.25, 0.3) is 0 Å². The van der Waals surface area contributed by atoms with Crippen molar-refractivity contribution < 1.29 is 31.8 Å². The summed E-state index contributed by atoms with van der Waals surface area (Å²) in [7, 11) is 0. The van der Waals surface area contributed by atoms with Crippen molar-refractivity contribution in [2.24, 2.45) is 0 Å². The van der Waals surface area contributed by atoms with E-state index in [0.717, 1.165) is 0 Å². The molecule has 0 aliphatic carbocycles. The quantitative estimate of drug-likeness (QED) is 0.722. The Hall–Kier alpha value is -1.25. The molecule has 0 radical (unpaired) electrons. The monoisotopic (exact) mass is 352 g/mol. The maximum atomic E-state index is 12.8. The number of halogens is 4. The van der Waals surface area contributed by atoms with Gasteiger partial charge in [0.05, 0.1) is 18.5 Å². The van der Waals surface area contributed by atoms with Crippen molar-refractivity contribution in [3.8, 4) is 5.75 Å². The van der Waals surface area contributed by atoms with E-state index in [1.54, 1.807) is 23.9 Å². The van der Waals surface area contributed by atoms with Gasteiger partial charge in [0, 0.05) is 0 Å². The van der Waals surface area contributed by atoms with Crippen LogP contribution in [0.25, 0.3) is 6.08 Å². The van der Waals surface area contributed by atoms with Crippen LogP contribution in [0, 0.1) is 0 Å². The van der Waals surface area contributed by atoms with Crippen molar-refractivity contribution in [2.75, 3.05) is 19.5 Å². The van der Waals surface area contributed by atoms with Crippen LogP contribution in [0.1, 0.15) is 5.56 Å². The summed E-state index contributed by atoms with van der Waals surface area (Å²) in [6.07, 6.45) is -3.48. The third-order valence-corrected chi connectivity index (χ3v) is 4.00. The van der Waals surface area contributed by atoms with Crippen LogP contribution >= 0.6 is 11.8 Å². The second-order valence-corrected chi connectivity index (χ2v) is 5.92. The van der Waals surface area contributed by atoms with Gasteiger partial charge < -0.3 is 14.2 Å². The Labute approximate surface area is 135 Å². The van der Waals surface area contributed by atoms with E-state index in [1.165, 1.54) is 24.3 Å². The predicted octanol–water partition coefficient (Wildman–Crippen LogP) is 4.04. The highest BCUT2D eigenvalue weighted by molar-refractivity contribution is 7.99. The molecule has 1 heterocycles. The Morgan fingerprint density at radius 2 is 1.83 bits per heavy atom. The fourth-order valence-electron chi connectivity index (χ4n) is 1.79. The lowest BCUT2D eigenvalue weighted by Crippen LogP contribution is -2.33. The molecule has 0 amide bonds. The van der Waals surface area contributed by atoms with Crippen LogP contribution < -0.4 is 4.74 Å². The van der Waals surface area contributed by atoms with Crippen LogP contribution in [-0.4, -0.2) is 43.5 Å². The van der Waals surface area contributed by atoms with Gasteiger partial charge in [0.15, 0.2) is 6.29 Å². The van der Waals surface area contributed by atoms with Crippen molar-refractivity contribution in [1.29, 1.82) is 0 Å². The number of hydrogen-bond acceptors (Lipinski definition) is 4. The topological polar surface area (TPSA) is 27.7 Å². The number of benzene rings is 1. The molecule has 1 aromatic rings. The SMILES string of the molecule is CSC1COC(/C=C/c2ccc(OC(F)(F)C(F)F)cc2)OC1. The van der Waals surface area contributed by atoms with Crippen LogP contribution in [0.5, 0.6) is 5.75 Å². The van der Waals surface area contributed by atoms with Crippen molar-refractivity contribution in [1.82, 2.24) is 0 Å². The van der Waals surface area contributed by atoms with E-state index in [2.05, 4.69) is 4.74 Å². The van der Waals surface area contributed by atoms with E-state index >= 15 is 0 Å². The largest absolute Gasteiger partial charge is 0.461 e. The van der Waals surface area contributed by atoms with Crippen molar-refractivity contribution in [2.45, 2.75) is 24.1 Å². The number of hydrogen-bond donors (Lipinski definition) is 0. The molecule has 2 rings (SSSR count). The van der Waals surface area contributed by atoms with Gasteiger partial charge >= 0.3 is 12.5 Å². The molecular weight excluding hydrogens is 336 g/mol. The minimum absolute atomic E-state index is 0.313. The zero-order valence-electron chi connectivity index (χ0n) is 12.3. The molecule has 1 aromatic carbocycles. The first-order valence-electron chi connectivity index (χ1n) is 6.80. The van der Waals surface area contributed by atoms with E-state index in [9.17, 15) is 17.6 Å². The molecule has 0 atom stereocenters. The van der Waals surface area contributed by atoms with E-state index in [0.29, 0.717) is 24.0 Å². The number of ether oxygens (including phenoxy) is 3. The maximum absolute atomic E-state index is 12.8. The highest BCUT2D eigenvalue weighted by Gasteiger charge is 2.43. The number of thioether (sulfide) groups is 1. The van der Waals surface area contributed by atoms with Crippen LogP contribution in [0.3, 0.4) is 0 Å². The third kappa shape index (κ3) is 5.40. The molecule has 8 heteroatoms. The maximum Gasteiger partial charge on any atom is 0.461 e. The molecule has 1 aliphatic heterocycles. The first kappa shape index (κ1) is 18.1. The highest BCUT2D eigenvalue weighted by Crippen LogP contribution is 2.27. The zero-order chi connectivity index (χ0) is 16.9. The summed E-state index contributed by atoms with van der Waals surface area (Å²) in [6.45, 7) is 1.18. The van der Waals surface area contributed by atoms with E-state index in [4.69, 9.17) is 9.47 Å². The van der Waals surface area contributed by atoms with Gasteiger partial charge in [-0.1, -0.05) is 18.2 Å². The number of alkyl halides is 4. The molecular formula is C15H16F4O3S. The van der Waals surface area contributed by atoms with E-state index in [1.807, 2.05) is 6.26 Å². The lowest BCUT2D eigenvalue weighted by molar-refractivity contribution is -0.253. The Morgan fingerprint density at radius 1 is 1.22 bits per heavy atom. The molecule has 0 bridgehead atoms. The molecule has 0 N–H and O–H groups in total. The molecule has 0 aromatic heterocycles. The molecule has 0 unspecified atom stereocenters. The Kier molecular flexibility index (Phi) is 6.32. The second kappa shape index (κ2) is 8.03. The Bertz CT molecular complexity index is 514. The molecule has 23 heavy (non-hydrogen) atoms. The fraction of sp³-hybridized carbons (Fsp3) is 0.467. The van der Waals surface area contributed by atoms with Gasteiger partial charge in [-0.15, -0.1) is 0 Å². The van der Waals surface area contributed by atoms with Crippen molar-refractivity contribution in [3.05, 3.63) is 35.9 Å². The fourth-order valence-corrected chi connectivity index (χ4v) is 2.22. The molecule has 0 saturated carbocycles. The van der Waals surface area contributed by atoms with E-state index in [-0.39, 0.29) is 5.75 Å². The summed E-state index contributed by atoms with van der Waals surface area (Å²) in [6, 6.07) is 5.34. The van der Waals surface area contributed by atoms with Gasteiger partial charge in [-0.3, -0.25) is 0 Å². The van der Waals surface area contributed by atoms with Gasteiger partial charge in [-0.05, 0) is 30.0 Å². The molecule has 3 nitrogen and oxygen atoms in total. The second-order valence-electron chi connectivity index (χ2n) is 4.79. The highest BCUT2D eigenvalue weighted by atomic mass is 32.2. The van der Waals surface area contributed by atoms with E-state index < -0.39 is 18.8 Å². The number of rotatable bonds is 6. The average Bonchev–Trinajstić information content (AvgIpc) is 2.54. The normalized spacial score (nSPS) is 22.7. The summed E-state index contributed by atoms with van der Waals surface area (Å²) in [5, 5.41) is 0.313. The predicted molar refractivity (Wildman–Crippen MR) is 80.1 cm³/mol. The first-order chi connectivity index (χ1) is 10.9. The van der Waals surface area contributed by atoms with Gasteiger partial charge in [-0.2, -0.15) is 29.3 Å². The first-order valence-corrected chi connectivity index (χ1v) is 8.09. The smallest absolute Gasteiger partial charge is 0.428 e. The standard InChI is InChI=1S/C15H16F4O3S/c1-23-12-8-20-13(21-9-12)7-4-10-2-5-11(6-3-10)22-15(18,19)14(16)17/h2-7,12-14H,8-9H2,1H3/b7-4+. The summed E-state index contributed by atoms with van der Waals surface area (Å²) < 4.78 is 64.6. The Balaban J connectivity index is 1.89. The molecule has 0 spiro atoms. The van der Waals surface area contributed by atoms with Gasteiger partial charge in [-0.25, -0.2) is 0 Å². The average molecular weight is 352 g/mol. The van der Waals surface area contributed by atoms with Crippen LogP contribution in [0.2, 0.25) is 0 Å². The lowest BCUT2D eigenvalue weighted by atomic mass is 10.2. The van der Waals surface area contributed by atoms with Crippen LogP contribution in [0.15, 0.2) is 30.3 Å². The van der Waals surface area contributed by atoms with Crippen molar-refractivity contribution >= 4 is 17.8 Å². The minimum atomic E-state index is -4.50. The summed E-state index contributed by atoms with van der Waals surface area (Å²) >= 11 is 1.67. The van der Waals surface area contributed by atoms with Crippen LogP contribution in [0.4, 0.5) is 17.6 Å². The molecule has 128 valence electrons. The summed E-state index contributed by atoms with van der Waals surface area (Å²) in [5.41, 5.74) is 0.678. The Morgan fingerprint density at radius 3 is 2.35 bits per heavy atom. The van der Waals surface area contributed by atoms with Gasteiger partial charge in [0.1, 0.15) is 5.75 Å². The van der Waals surface area contributed by atoms with Gasteiger partial charge in [0.2, 0.25) is 0 Å². The lowest BCUT2D eigenvalue weighted by Gasteiger charge is -2.26. The summed E-state index contributed by atoms with van der Waals surface area (Å²) in [5.74, 6) is -0.333. The van der Waals surface area contributed by atoms with Crippen LogP contribution in [-0.2, 0) is 9.47 Å². The van der Waals surface area contributed by atoms with Crippen molar-refractivity contribution in [3.63, 3.8) is 0 Å².